The molecule has 0 aliphatic carbocycles. The summed E-state index contributed by atoms with van der Waals surface area (Å²) in [7, 11) is 1.59. The Balaban J connectivity index is 2.12. The van der Waals surface area contributed by atoms with Gasteiger partial charge in [-0.2, -0.15) is 0 Å². The molecule has 1 amide bonds. The third-order valence-corrected chi connectivity index (χ3v) is 4.25. The van der Waals surface area contributed by atoms with Crippen molar-refractivity contribution in [2.75, 3.05) is 7.11 Å². The van der Waals surface area contributed by atoms with Gasteiger partial charge in [-0.15, -0.1) is 0 Å². The van der Waals surface area contributed by atoms with E-state index < -0.39 is 18.1 Å². The maximum absolute atomic E-state index is 12.2. The fraction of sp³-hybridized carbons (Fsp3) is 0.500. The van der Waals surface area contributed by atoms with Crippen molar-refractivity contribution in [2.24, 2.45) is 5.41 Å². The van der Waals surface area contributed by atoms with Crippen LogP contribution in [0.3, 0.4) is 0 Å². The Morgan fingerprint density at radius 2 is 2.00 bits per heavy atom. The Bertz CT molecular complexity index is 617. The molecule has 1 aromatic rings. The maximum atomic E-state index is 12.2. The van der Waals surface area contributed by atoms with Crippen LogP contribution in [0.1, 0.15) is 38.1 Å². The van der Waals surface area contributed by atoms with E-state index in [2.05, 4.69) is 20.8 Å². The lowest BCUT2D eigenvalue weighted by Crippen LogP contribution is -2.50. The molecule has 0 bridgehead atoms. The van der Waals surface area contributed by atoms with Gasteiger partial charge < -0.3 is 9.47 Å². The molecule has 21 heavy (non-hydrogen) atoms. The van der Waals surface area contributed by atoms with Crippen LogP contribution in [0.15, 0.2) is 18.2 Å². The first-order valence-electron chi connectivity index (χ1n) is 7.03. The number of carbonyl (C=O) groups is 2. The molecule has 112 valence electrons. The van der Waals surface area contributed by atoms with Crippen LogP contribution in [-0.4, -0.2) is 29.9 Å². The van der Waals surface area contributed by atoms with Gasteiger partial charge in [-0.05, 0) is 29.5 Å². The molecule has 1 saturated heterocycles. The summed E-state index contributed by atoms with van der Waals surface area (Å²) in [4.78, 5) is 25.5. The molecule has 3 rings (SSSR count). The standard InChI is InChI=1S/C16H19NO4/c1-16(2,3)12-7-9-5-6-10(20-4)8-11(9)14-17(12)13(18)15(19)21-14/h5-6,8,12,14H,7H2,1-4H3. The first kappa shape index (κ1) is 13.9. The molecule has 1 fully saturated rings. The predicted molar refractivity (Wildman–Crippen MR) is 75.6 cm³/mol. The van der Waals surface area contributed by atoms with E-state index in [-0.39, 0.29) is 11.5 Å². The fourth-order valence-corrected chi connectivity index (χ4v) is 3.08. The number of ether oxygens (including phenoxy) is 2. The fourth-order valence-electron chi connectivity index (χ4n) is 3.08. The number of hydrogen-bond acceptors (Lipinski definition) is 4. The van der Waals surface area contributed by atoms with Crippen LogP contribution < -0.4 is 4.74 Å². The molecule has 2 aliphatic rings. The lowest BCUT2D eigenvalue weighted by molar-refractivity contribution is -0.149. The Hall–Kier alpha value is -2.04. The largest absolute Gasteiger partial charge is 0.497 e. The zero-order chi connectivity index (χ0) is 15.4. The number of hydrogen-bond donors (Lipinski definition) is 0. The third-order valence-electron chi connectivity index (χ3n) is 4.25. The monoisotopic (exact) mass is 289 g/mol. The van der Waals surface area contributed by atoms with Gasteiger partial charge >= 0.3 is 11.9 Å². The van der Waals surface area contributed by atoms with Crippen molar-refractivity contribution in [1.29, 1.82) is 0 Å². The third kappa shape index (κ3) is 2.07. The minimum atomic E-state index is -0.773. The minimum absolute atomic E-state index is 0.0673. The Kier molecular flexibility index (Phi) is 2.97. The summed E-state index contributed by atoms with van der Waals surface area (Å²) >= 11 is 0. The SMILES string of the molecule is COc1ccc2c(c1)C1OC(=O)C(=O)N1C(C(C)(C)C)C2. The van der Waals surface area contributed by atoms with Gasteiger partial charge in [0.2, 0.25) is 6.23 Å². The molecule has 2 aliphatic heterocycles. The smallest absolute Gasteiger partial charge is 0.399 e. The highest BCUT2D eigenvalue weighted by molar-refractivity contribution is 6.34. The zero-order valence-corrected chi connectivity index (χ0v) is 12.7. The Morgan fingerprint density at radius 1 is 1.29 bits per heavy atom. The number of benzene rings is 1. The van der Waals surface area contributed by atoms with Crippen molar-refractivity contribution in [2.45, 2.75) is 39.5 Å². The number of fused-ring (bicyclic) bond motifs is 3. The van der Waals surface area contributed by atoms with Gasteiger partial charge in [0.15, 0.2) is 0 Å². The Labute approximate surface area is 123 Å². The second kappa shape index (κ2) is 4.48. The van der Waals surface area contributed by atoms with E-state index in [0.717, 1.165) is 11.1 Å². The molecule has 2 heterocycles. The molecular formula is C16H19NO4. The van der Waals surface area contributed by atoms with E-state index in [4.69, 9.17) is 9.47 Å². The predicted octanol–water partition coefficient (Wildman–Crippen LogP) is 2.05. The van der Waals surface area contributed by atoms with Gasteiger partial charge in [0.1, 0.15) is 5.75 Å². The lowest BCUT2D eigenvalue weighted by Gasteiger charge is -2.43. The second-order valence-corrected chi connectivity index (χ2v) is 6.62. The van der Waals surface area contributed by atoms with Crippen molar-refractivity contribution in [3.8, 4) is 5.75 Å². The van der Waals surface area contributed by atoms with Gasteiger partial charge in [-0.25, -0.2) is 4.79 Å². The van der Waals surface area contributed by atoms with Crippen molar-refractivity contribution >= 4 is 11.9 Å². The molecule has 5 nitrogen and oxygen atoms in total. The first-order valence-corrected chi connectivity index (χ1v) is 7.03. The number of rotatable bonds is 1. The summed E-state index contributed by atoms with van der Waals surface area (Å²) in [6, 6.07) is 5.66. The molecule has 5 heteroatoms. The molecule has 0 aromatic heterocycles. The highest BCUT2D eigenvalue weighted by Gasteiger charge is 2.51. The van der Waals surface area contributed by atoms with E-state index in [0.29, 0.717) is 12.2 Å². The second-order valence-electron chi connectivity index (χ2n) is 6.62. The van der Waals surface area contributed by atoms with Crippen molar-refractivity contribution in [1.82, 2.24) is 4.90 Å². The topological polar surface area (TPSA) is 55.8 Å². The van der Waals surface area contributed by atoms with E-state index in [1.165, 1.54) is 0 Å². The van der Waals surface area contributed by atoms with Gasteiger partial charge in [0.05, 0.1) is 7.11 Å². The Morgan fingerprint density at radius 3 is 2.62 bits per heavy atom. The molecular weight excluding hydrogens is 270 g/mol. The van der Waals surface area contributed by atoms with Crippen LogP contribution in [0.2, 0.25) is 0 Å². The number of carbonyl (C=O) groups excluding carboxylic acids is 2. The molecule has 2 atom stereocenters. The average Bonchev–Trinajstić information content (AvgIpc) is 2.73. The van der Waals surface area contributed by atoms with Crippen LogP contribution >= 0.6 is 0 Å². The number of methoxy groups -OCH3 is 1. The summed E-state index contributed by atoms with van der Waals surface area (Å²) in [5.41, 5.74) is 1.80. The summed E-state index contributed by atoms with van der Waals surface area (Å²) in [6.45, 7) is 6.21. The molecule has 2 unspecified atom stereocenters. The van der Waals surface area contributed by atoms with Crippen LogP contribution in [0.4, 0.5) is 0 Å². The van der Waals surface area contributed by atoms with Crippen LogP contribution in [0, 0.1) is 5.41 Å². The summed E-state index contributed by atoms with van der Waals surface area (Å²) in [6.07, 6.45) is 0.0786. The number of amides is 1. The molecule has 0 spiro atoms. The quantitative estimate of drug-likeness (QED) is 0.586. The van der Waals surface area contributed by atoms with Gasteiger partial charge in [-0.1, -0.05) is 26.8 Å². The van der Waals surface area contributed by atoms with Crippen LogP contribution in [0.25, 0.3) is 0 Å². The minimum Gasteiger partial charge on any atom is -0.497 e. The van der Waals surface area contributed by atoms with E-state index >= 15 is 0 Å². The van der Waals surface area contributed by atoms with E-state index in [9.17, 15) is 9.59 Å². The van der Waals surface area contributed by atoms with Gasteiger partial charge in [0, 0.05) is 11.6 Å². The molecule has 0 radical (unpaired) electrons. The van der Waals surface area contributed by atoms with Crippen LogP contribution in [0.5, 0.6) is 5.75 Å². The molecule has 0 saturated carbocycles. The van der Waals surface area contributed by atoms with Gasteiger partial charge in [-0.3, -0.25) is 9.69 Å². The highest BCUT2D eigenvalue weighted by atomic mass is 16.6. The van der Waals surface area contributed by atoms with Crippen molar-refractivity contribution in [3.63, 3.8) is 0 Å². The summed E-state index contributed by atoms with van der Waals surface area (Å²) in [5.74, 6) is -0.628. The normalized spacial score (nSPS) is 24.5. The zero-order valence-electron chi connectivity index (χ0n) is 12.7. The van der Waals surface area contributed by atoms with E-state index in [1.807, 2.05) is 18.2 Å². The molecule has 1 aromatic carbocycles. The van der Waals surface area contributed by atoms with E-state index in [1.54, 1.807) is 12.0 Å². The average molecular weight is 289 g/mol. The number of esters is 1. The molecule has 0 N–H and O–H groups in total. The first-order chi connectivity index (χ1) is 9.82. The van der Waals surface area contributed by atoms with Crippen molar-refractivity contribution in [3.05, 3.63) is 29.3 Å². The van der Waals surface area contributed by atoms with Crippen LogP contribution in [-0.2, 0) is 20.7 Å². The lowest BCUT2D eigenvalue weighted by atomic mass is 9.78. The van der Waals surface area contributed by atoms with Gasteiger partial charge in [0.25, 0.3) is 0 Å². The summed E-state index contributed by atoms with van der Waals surface area (Å²) in [5, 5.41) is 0. The highest BCUT2D eigenvalue weighted by Crippen LogP contribution is 2.44. The van der Waals surface area contributed by atoms with Crippen molar-refractivity contribution < 1.29 is 19.1 Å². The maximum Gasteiger partial charge on any atom is 0.399 e. The number of nitrogens with zero attached hydrogens (tertiary/aromatic N) is 1. The summed E-state index contributed by atoms with van der Waals surface area (Å²) < 4.78 is 10.5.